The van der Waals surface area contributed by atoms with E-state index in [1.807, 2.05) is 13.2 Å². The van der Waals surface area contributed by atoms with Crippen LogP contribution in [-0.2, 0) is 0 Å². The molecule has 1 atom stereocenters. The minimum atomic E-state index is 0.361. The standard InChI is InChI=1S/C15H22Br2N2/c1-3-10-4-6-11(7-5-10)14(18-2)15-13(17)8-12(16)9-19-15/h8-11,14,18H,3-7H2,1-2H3. The van der Waals surface area contributed by atoms with Crippen LogP contribution in [0.5, 0.6) is 0 Å². The van der Waals surface area contributed by atoms with Gasteiger partial charge in [-0.3, -0.25) is 4.98 Å². The van der Waals surface area contributed by atoms with Crippen LogP contribution in [0.1, 0.15) is 50.8 Å². The molecule has 1 N–H and O–H groups in total. The van der Waals surface area contributed by atoms with Crippen molar-refractivity contribution in [2.75, 3.05) is 7.05 Å². The van der Waals surface area contributed by atoms with Crippen molar-refractivity contribution < 1.29 is 0 Å². The van der Waals surface area contributed by atoms with Gasteiger partial charge < -0.3 is 5.32 Å². The summed E-state index contributed by atoms with van der Waals surface area (Å²) >= 11 is 7.12. The second-order valence-electron chi connectivity index (χ2n) is 5.48. The van der Waals surface area contributed by atoms with Gasteiger partial charge in [-0.15, -0.1) is 0 Å². The second-order valence-corrected chi connectivity index (χ2v) is 7.25. The summed E-state index contributed by atoms with van der Waals surface area (Å²) < 4.78 is 2.12. The largest absolute Gasteiger partial charge is 0.311 e. The maximum Gasteiger partial charge on any atom is 0.0718 e. The van der Waals surface area contributed by atoms with E-state index >= 15 is 0 Å². The van der Waals surface area contributed by atoms with Gasteiger partial charge in [0.15, 0.2) is 0 Å². The number of pyridine rings is 1. The van der Waals surface area contributed by atoms with Crippen LogP contribution in [0.4, 0.5) is 0 Å². The highest BCUT2D eigenvalue weighted by atomic mass is 79.9. The summed E-state index contributed by atoms with van der Waals surface area (Å²) in [7, 11) is 2.05. The Morgan fingerprint density at radius 1 is 1.32 bits per heavy atom. The molecule has 106 valence electrons. The Morgan fingerprint density at radius 3 is 2.53 bits per heavy atom. The molecule has 0 aromatic carbocycles. The van der Waals surface area contributed by atoms with Gasteiger partial charge in [-0.05, 0) is 69.7 Å². The van der Waals surface area contributed by atoms with Gasteiger partial charge in [-0.25, -0.2) is 0 Å². The normalized spacial score (nSPS) is 25.3. The predicted molar refractivity (Wildman–Crippen MR) is 87.2 cm³/mol. The third-order valence-corrected chi connectivity index (χ3v) is 5.45. The first-order chi connectivity index (χ1) is 9.15. The Kier molecular flexibility index (Phi) is 5.85. The first kappa shape index (κ1) is 15.5. The third kappa shape index (κ3) is 3.79. The Labute approximate surface area is 133 Å². The topological polar surface area (TPSA) is 24.9 Å². The van der Waals surface area contributed by atoms with Crippen LogP contribution >= 0.6 is 31.9 Å². The van der Waals surface area contributed by atoms with Crippen molar-refractivity contribution in [3.05, 3.63) is 26.9 Å². The van der Waals surface area contributed by atoms with E-state index in [0.29, 0.717) is 12.0 Å². The zero-order valence-corrected chi connectivity index (χ0v) is 14.8. The molecule has 1 aliphatic carbocycles. The van der Waals surface area contributed by atoms with Crippen molar-refractivity contribution in [1.29, 1.82) is 0 Å². The lowest BCUT2D eigenvalue weighted by Crippen LogP contribution is -2.29. The molecule has 1 aromatic heterocycles. The monoisotopic (exact) mass is 388 g/mol. The maximum atomic E-state index is 4.61. The van der Waals surface area contributed by atoms with E-state index in [-0.39, 0.29) is 0 Å². The predicted octanol–water partition coefficient (Wildman–Crippen LogP) is 5.08. The summed E-state index contributed by atoms with van der Waals surface area (Å²) in [6.07, 6.45) is 8.59. The van der Waals surface area contributed by atoms with Crippen LogP contribution in [0.2, 0.25) is 0 Å². The summed E-state index contributed by atoms with van der Waals surface area (Å²) in [6.45, 7) is 2.31. The molecule has 2 rings (SSSR count). The third-order valence-electron chi connectivity index (χ3n) is 4.38. The molecule has 2 nitrogen and oxygen atoms in total. The van der Waals surface area contributed by atoms with E-state index in [1.54, 1.807) is 0 Å². The summed E-state index contributed by atoms with van der Waals surface area (Å²) in [4.78, 5) is 4.61. The molecule has 0 saturated heterocycles. The number of hydrogen-bond donors (Lipinski definition) is 1. The van der Waals surface area contributed by atoms with Crippen molar-refractivity contribution in [3.8, 4) is 0 Å². The first-order valence-electron chi connectivity index (χ1n) is 7.13. The summed E-state index contributed by atoms with van der Waals surface area (Å²) in [5.74, 6) is 1.65. The van der Waals surface area contributed by atoms with Crippen molar-refractivity contribution in [2.45, 2.75) is 45.1 Å². The molecule has 0 radical (unpaired) electrons. The highest BCUT2D eigenvalue weighted by Crippen LogP contribution is 2.39. The van der Waals surface area contributed by atoms with E-state index in [4.69, 9.17) is 0 Å². The Bertz CT molecular complexity index is 415. The molecular weight excluding hydrogens is 368 g/mol. The van der Waals surface area contributed by atoms with E-state index in [9.17, 15) is 0 Å². The van der Waals surface area contributed by atoms with Crippen LogP contribution in [0, 0.1) is 11.8 Å². The maximum absolute atomic E-state index is 4.61. The Balaban J connectivity index is 2.12. The highest BCUT2D eigenvalue weighted by molar-refractivity contribution is 9.11. The smallest absolute Gasteiger partial charge is 0.0718 e. The number of hydrogen-bond acceptors (Lipinski definition) is 2. The summed E-state index contributed by atoms with van der Waals surface area (Å²) in [5, 5.41) is 3.47. The lowest BCUT2D eigenvalue weighted by Gasteiger charge is -2.33. The molecule has 0 bridgehead atoms. The molecule has 0 aliphatic heterocycles. The van der Waals surface area contributed by atoms with Crippen molar-refractivity contribution in [1.82, 2.24) is 10.3 Å². The van der Waals surface area contributed by atoms with Crippen molar-refractivity contribution >= 4 is 31.9 Å². The van der Waals surface area contributed by atoms with E-state index < -0.39 is 0 Å². The minimum Gasteiger partial charge on any atom is -0.311 e. The highest BCUT2D eigenvalue weighted by Gasteiger charge is 2.29. The van der Waals surface area contributed by atoms with Gasteiger partial charge in [-0.2, -0.15) is 0 Å². The van der Waals surface area contributed by atoms with Gasteiger partial charge in [0.05, 0.1) is 11.7 Å². The first-order valence-corrected chi connectivity index (χ1v) is 8.72. The van der Waals surface area contributed by atoms with Crippen LogP contribution in [0.3, 0.4) is 0 Å². The fourth-order valence-corrected chi connectivity index (χ4v) is 4.41. The number of nitrogens with one attached hydrogen (secondary N) is 1. The van der Waals surface area contributed by atoms with Crippen molar-refractivity contribution in [2.24, 2.45) is 11.8 Å². The molecule has 0 spiro atoms. The molecule has 1 aromatic rings. The quantitative estimate of drug-likeness (QED) is 0.776. The zero-order chi connectivity index (χ0) is 13.8. The number of halogens is 2. The van der Waals surface area contributed by atoms with E-state index in [1.165, 1.54) is 32.1 Å². The van der Waals surface area contributed by atoms with Gasteiger partial charge in [0.2, 0.25) is 0 Å². The summed E-state index contributed by atoms with van der Waals surface area (Å²) in [6, 6.07) is 2.45. The van der Waals surface area contributed by atoms with Gasteiger partial charge in [0.1, 0.15) is 0 Å². The zero-order valence-electron chi connectivity index (χ0n) is 11.6. The Hall–Kier alpha value is 0.0700. The van der Waals surface area contributed by atoms with Gasteiger partial charge in [0, 0.05) is 15.1 Å². The molecule has 1 heterocycles. The number of aromatic nitrogens is 1. The molecule has 1 unspecified atom stereocenters. The molecule has 0 amide bonds. The number of rotatable bonds is 4. The minimum absolute atomic E-state index is 0.361. The number of nitrogens with zero attached hydrogens (tertiary/aromatic N) is 1. The van der Waals surface area contributed by atoms with Crippen LogP contribution < -0.4 is 5.32 Å². The van der Waals surface area contributed by atoms with Crippen molar-refractivity contribution in [3.63, 3.8) is 0 Å². The Morgan fingerprint density at radius 2 is 2.00 bits per heavy atom. The summed E-state index contributed by atoms with van der Waals surface area (Å²) in [5.41, 5.74) is 1.14. The van der Waals surface area contributed by atoms with Crippen LogP contribution in [0.15, 0.2) is 21.2 Å². The molecule has 19 heavy (non-hydrogen) atoms. The molecule has 1 fully saturated rings. The molecular formula is C15H22Br2N2. The van der Waals surface area contributed by atoms with Crippen LogP contribution in [-0.4, -0.2) is 12.0 Å². The lowest BCUT2D eigenvalue weighted by atomic mass is 9.77. The fraction of sp³-hybridized carbons (Fsp3) is 0.667. The molecule has 1 aliphatic rings. The van der Waals surface area contributed by atoms with Gasteiger partial charge >= 0.3 is 0 Å². The van der Waals surface area contributed by atoms with Gasteiger partial charge in [0.25, 0.3) is 0 Å². The van der Waals surface area contributed by atoms with E-state index in [0.717, 1.165) is 20.6 Å². The SMILES string of the molecule is CCC1CCC(C(NC)c2ncc(Br)cc2Br)CC1. The van der Waals surface area contributed by atoms with Gasteiger partial charge in [-0.1, -0.05) is 26.2 Å². The van der Waals surface area contributed by atoms with Crippen LogP contribution in [0.25, 0.3) is 0 Å². The second kappa shape index (κ2) is 7.19. The lowest BCUT2D eigenvalue weighted by molar-refractivity contribution is 0.221. The average molecular weight is 390 g/mol. The molecule has 1 saturated carbocycles. The average Bonchev–Trinajstić information content (AvgIpc) is 2.42. The molecule has 4 heteroatoms. The fourth-order valence-electron chi connectivity index (χ4n) is 3.18. The van der Waals surface area contributed by atoms with E-state index in [2.05, 4.69) is 55.2 Å².